The van der Waals surface area contributed by atoms with Crippen molar-refractivity contribution in [3.63, 3.8) is 0 Å². The number of phenols is 1. The van der Waals surface area contributed by atoms with Gasteiger partial charge in [0.15, 0.2) is 0 Å². The molecule has 0 aliphatic rings. The molecule has 0 bridgehead atoms. The fourth-order valence-electron chi connectivity index (χ4n) is 2.31. The molecule has 0 spiro atoms. The third-order valence-electron chi connectivity index (χ3n) is 3.87. The molecule has 0 aliphatic heterocycles. The molecule has 0 saturated heterocycles. The second kappa shape index (κ2) is 5.22. The number of benzene rings is 2. The van der Waals surface area contributed by atoms with Crippen molar-refractivity contribution in [2.45, 2.75) is 52.4 Å². The highest BCUT2D eigenvalue weighted by molar-refractivity contribution is 5.66. The van der Waals surface area contributed by atoms with Crippen LogP contribution in [0.4, 0.5) is 0 Å². The van der Waals surface area contributed by atoms with E-state index in [0.29, 0.717) is 5.75 Å². The van der Waals surface area contributed by atoms with Crippen molar-refractivity contribution >= 4 is 0 Å². The molecule has 0 fully saturated rings. The molecule has 0 atom stereocenters. The van der Waals surface area contributed by atoms with Crippen LogP contribution in [0.2, 0.25) is 0 Å². The van der Waals surface area contributed by atoms with Crippen molar-refractivity contribution in [1.29, 1.82) is 0 Å². The van der Waals surface area contributed by atoms with Gasteiger partial charge in [0.1, 0.15) is 5.75 Å². The smallest absolute Gasteiger partial charge is 0.115 e. The summed E-state index contributed by atoms with van der Waals surface area (Å²) >= 11 is 0. The minimum absolute atomic E-state index is 0.118. The van der Waals surface area contributed by atoms with Crippen LogP contribution in [0.5, 0.6) is 5.75 Å². The Labute approximate surface area is 128 Å². The van der Waals surface area contributed by atoms with E-state index in [2.05, 4.69) is 59.7 Å². The third kappa shape index (κ3) is 3.66. The molecule has 0 unspecified atom stereocenters. The molecule has 112 valence electrons. The van der Waals surface area contributed by atoms with Crippen LogP contribution < -0.4 is 0 Å². The first-order chi connectivity index (χ1) is 9.57. The molecule has 0 saturated carbocycles. The van der Waals surface area contributed by atoms with E-state index >= 15 is 0 Å². The molecule has 1 nitrogen and oxygen atoms in total. The van der Waals surface area contributed by atoms with Gasteiger partial charge in [-0.25, -0.2) is 0 Å². The highest BCUT2D eigenvalue weighted by atomic mass is 16.3. The molecule has 21 heavy (non-hydrogen) atoms. The van der Waals surface area contributed by atoms with Gasteiger partial charge < -0.3 is 5.11 Å². The lowest BCUT2D eigenvalue weighted by Crippen LogP contribution is -2.16. The molecular formula is C20H26O. The topological polar surface area (TPSA) is 20.2 Å². The van der Waals surface area contributed by atoms with Gasteiger partial charge in [0.2, 0.25) is 0 Å². The first-order valence-electron chi connectivity index (χ1n) is 7.53. The van der Waals surface area contributed by atoms with Crippen LogP contribution in [-0.2, 0) is 10.8 Å². The summed E-state index contributed by atoms with van der Waals surface area (Å²) in [6, 6.07) is 14.3. The van der Waals surface area contributed by atoms with Gasteiger partial charge in [-0.05, 0) is 45.2 Å². The van der Waals surface area contributed by atoms with Crippen LogP contribution in [0.3, 0.4) is 0 Å². The van der Waals surface area contributed by atoms with E-state index in [0.717, 1.165) is 5.56 Å². The average molecular weight is 282 g/mol. The zero-order valence-corrected chi connectivity index (χ0v) is 14.0. The standard InChI is InChI=1S/C20H26O/c1-19(2,3)16-11-15(12-17(13-16)20(4,5)6)14-7-9-18(21)10-8-14/h7-13,21H,1-6H3. The molecule has 0 radical (unpaired) electrons. The Kier molecular flexibility index (Phi) is 3.88. The fraction of sp³-hybridized carbons (Fsp3) is 0.400. The average Bonchev–Trinajstić information content (AvgIpc) is 2.37. The third-order valence-corrected chi connectivity index (χ3v) is 3.87. The zero-order valence-electron chi connectivity index (χ0n) is 14.0. The van der Waals surface area contributed by atoms with Crippen molar-refractivity contribution in [3.05, 3.63) is 53.6 Å². The molecular weight excluding hydrogens is 256 g/mol. The quantitative estimate of drug-likeness (QED) is 0.716. The van der Waals surface area contributed by atoms with Crippen LogP contribution in [0, 0.1) is 0 Å². The van der Waals surface area contributed by atoms with Crippen LogP contribution >= 0.6 is 0 Å². The van der Waals surface area contributed by atoms with Gasteiger partial charge in [-0.2, -0.15) is 0 Å². The molecule has 0 aliphatic carbocycles. The largest absolute Gasteiger partial charge is 0.508 e. The van der Waals surface area contributed by atoms with E-state index in [1.54, 1.807) is 12.1 Å². The fourth-order valence-corrected chi connectivity index (χ4v) is 2.31. The highest BCUT2D eigenvalue weighted by Crippen LogP contribution is 2.34. The lowest BCUT2D eigenvalue weighted by atomic mass is 9.79. The SMILES string of the molecule is CC(C)(C)c1cc(-c2ccc(O)cc2)cc(C(C)(C)C)c1. The Morgan fingerprint density at radius 3 is 1.43 bits per heavy atom. The zero-order chi connectivity index (χ0) is 15.8. The van der Waals surface area contributed by atoms with Gasteiger partial charge in [0.05, 0.1) is 0 Å². The van der Waals surface area contributed by atoms with Crippen LogP contribution in [0.15, 0.2) is 42.5 Å². The second-order valence-electron chi connectivity index (χ2n) is 7.85. The van der Waals surface area contributed by atoms with E-state index in [4.69, 9.17) is 0 Å². The number of phenolic OH excluding ortho intramolecular Hbond substituents is 1. The summed E-state index contributed by atoms with van der Waals surface area (Å²) in [6.45, 7) is 13.5. The molecule has 1 N–H and O–H groups in total. The maximum atomic E-state index is 9.47. The van der Waals surface area contributed by atoms with Crippen molar-refractivity contribution in [2.75, 3.05) is 0 Å². The molecule has 0 amide bonds. The molecule has 2 rings (SSSR count). The summed E-state index contributed by atoms with van der Waals surface area (Å²) in [5, 5.41) is 9.47. The van der Waals surface area contributed by atoms with Gasteiger partial charge in [0.25, 0.3) is 0 Å². The normalized spacial score (nSPS) is 12.5. The predicted molar refractivity (Wildman–Crippen MR) is 90.9 cm³/mol. The molecule has 1 heteroatoms. The Balaban J connectivity index is 2.63. The Morgan fingerprint density at radius 2 is 1.05 bits per heavy atom. The minimum Gasteiger partial charge on any atom is -0.508 e. The van der Waals surface area contributed by atoms with E-state index in [1.807, 2.05) is 12.1 Å². The van der Waals surface area contributed by atoms with Gasteiger partial charge >= 0.3 is 0 Å². The van der Waals surface area contributed by atoms with E-state index in [1.165, 1.54) is 16.7 Å². The van der Waals surface area contributed by atoms with E-state index in [9.17, 15) is 5.11 Å². The molecule has 2 aromatic carbocycles. The minimum atomic E-state index is 0.118. The summed E-state index contributed by atoms with van der Waals surface area (Å²) in [5.74, 6) is 0.307. The Morgan fingerprint density at radius 1 is 0.619 bits per heavy atom. The second-order valence-corrected chi connectivity index (χ2v) is 7.85. The molecule has 2 aromatic rings. The molecule has 0 heterocycles. The highest BCUT2D eigenvalue weighted by Gasteiger charge is 2.20. The first kappa shape index (κ1) is 15.6. The lowest BCUT2D eigenvalue weighted by Gasteiger charge is -2.26. The summed E-state index contributed by atoms with van der Waals surface area (Å²) in [4.78, 5) is 0. The van der Waals surface area contributed by atoms with Gasteiger partial charge in [0, 0.05) is 0 Å². The summed E-state index contributed by atoms with van der Waals surface area (Å²) in [6.07, 6.45) is 0. The van der Waals surface area contributed by atoms with Crippen molar-refractivity contribution in [3.8, 4) is 16.9 Å². The molecule has 0 aromatic heterocycles. The number of aromatic hydroxyl groups is 1. The van der Waals surface area contributed by atoms with Crippen molar-refractivity contribution in [1.82, 2.24) is 0 Å². The van der Waals surface area contributed by atoms with Gasteiger partial charge in [-0.1, -0.05) is 71.9 Å². The van der Waals surface area contributed by atoms with Crippen LogP contribution in [0.25, 0.3) is 11.1 Å². The van der Waals surface area contributed by atoms with Crippen LogP contribution in [-0.4, -0.2) is 5.11 Å². The number of hydrogen-bond acceptors (Lipinski definition) is 1. The summed E-state index contributed by atoms with van der Waals surface area (Å²) in [5.41, 5.74) is 5.28. The van der Waals surface area contributed by atoms with Gasteiger partial charge in [-0.3, -0.25) is 0 Å². The lowest BCUT2D eigenvalue weighted by molar-refractivity contribution is 0.475. The van der Waals surface area contributed by atoms with E-state index < -0.39 is 0 Å². The van der Waals surface area contributed by atoms with Crippen molar-refractivity contribution < 1.29 is 5.11 Å². The Bertz CT molecular complexity index is 590. The maximum Gasteiger partial charge on any atom is 0.115 e. The first-order valence-corrected chi connectivity index (χ1v) is 7.53. The van der Waals surface area contributed by atoms with Gasteiger partial charge in [-0.15, -0.1) is 0 Å². The summed E-state index contributed by atoms with van der Waals surface area (Å²) in [7, 11) is 0. The van der Waals surface area contributed by atoms with Crippen molar-refractivity contribution in [2.24, 2.45) is 0 Å². The monoisotopic (exact) mass is 282 g/mol. The van der Waals surface area contributed by atoms with E-state index in [-0.39, 0.29) is 10.8 Å². The number of rotatable bonds is 1. The summed E-state index contributed by atoms with van der Waals surface area (Å²) < 4.78 is 0. The predicted octanol–water partition coefficient (Wildman–Crippen LogP) is 5.65. The number of hydrogen-bond donors (Lipinski definition) is 1. The maximum absolute atomic E-state index is 9.47. The van der Waals surface area contributed by atoms with Crippen LogP contribution in [0.1, 0.15) is 52.7 Å². The Hall–Kier alpha value is -1.76.